The number of rotatable bonds is 10. The van der Waals surface area contributed by atoms with Crippen LogP contribution in [0.4, 0.5) is 11.4 Å². The Morgan fingerprint density at radius 1 is 0.870 bits per heavy atom. The molecular formula is C38H44N4O4. The van der Waals surface area contributed by atoms with Crippen molar-refractivity contribution in [1.29, 1.82) is 0 Å². The molecule has 0 spiro atoms. The average molecular weight is 621 g/mol. The van der Waals surface area contributed by atoms with Gasteiger partial charge in [-0.15, -0.1) is 0 Å². The van der Waals surface area contributed by atoms with Crippen LogP contribution < -0.4 is 16.4 Å². The molecule has 4 atom stereocenters. The van der Waals surface area contributed by atoms with Crippen molar-refractivity contribution < 1.29 is 19.1 Å². The highest BCUT2D eigenvalue weighted by atomic mass is 16.9. The van der Waals surface area contributed by atoms with E-state index in [0.29, 0.717) is 13.0 Å². The van der Waals surface area contributed by atoms with Crippen LogP contribution in [0.25, 0.3) is 5.57 Å². The highest BCUT2D eigenvalue weighted by molar-refractivity contribution is 5.98. The molecule has 0 aromatic heterocycles. The highest BCUT2D eigenvalue weighted by Gasteiger charge is 2.40. The van der Waals surface area contributed by atoms with Crippen LogP contribution in [0, 0.1) is 5.92 Å². The van der Waals surface area contributed by atoms with Gasteiger partial charge in [0.25, 0.3) is 0 Å². The van der Waals surface area contributed by atoms with Crippen LogP contribution in [-0.4, -0.2) is 48.5 Å². The quantitative estimate of drug-likeness (QED) is 0.229. The summed E-state index contributed by atoms with van der Waals surface area (Å²) in [6.45, 7) is 4.74. The van der Waals surface area contributed by atoms with Crippen LogP contribution in [0.3, 0.4) is 0 Å². The van der Waals surface area contributed by atoms with E-state index in [1.807, 2.05) is 38.1 Å². The fraction of sp³-hybridized carbons (Fsp3) is 0.421. The van der Waals surface area contributed by atoms with E-state index in [4.69, 9.17) is 15.2 Å². The molecule has 46 heavy (non-hydrogen) atoms. The molecule has 1 saturated carbocycles. The van der Waals surface area contributed by atoms with Crippen molar-refractivity contribution in [3.05, 3.63) is 101 Å². The lowest BCUT2D eigenvalue weighted by molar-refractivity contribution is -0.335. The molecule has 3 aromatic carbocycles. The number of nitrogens with zero attached hydrogens (tertiary/aromatic N) is 1. The maximum absolute atomic E-state index is 13.5. The summed E-state index contributed by atoms with van der Waals surface area (Å²) in [5.74, 6) is 0.984. The number of likely N-dealkylation sites (tertiary alicyclic amines) is 1. The number of nitrogens with two attached hydrogens (primary N) is 1. The lowest BCUT2D eigenvalue weighted by Gasteiger charge is -2.35. The van der Waals surface area contributed by atoms with Crippen LogP contribution >= 0.6 is 0 Å². The van der Waals surface area contributed by atoms with Gasteiger partial charge in [-0.25, -0.2) is 0 Å². The van der Waals surface area contributed by atoms with Crippen LogP contribution in [0.1, 0.15) is 86.0 Å². The standard InChI is InChI=1S/C38H44N4O4/c1-23(2)35(41-38-45-22-46-38)37(44)42-21-3-4-33(42)36(43)40-30-17-13-27(14-18-30)32-20-19-31(26-11-15-29(39)16-12-26)34(32)28-9-7-25(8-10-28)24-5-6-24/h7-19,23-24,32-35,38,41H,3-6,20-22,39H2,1-2H3,(H,40,43). The first kappa shape index (κ1) is 30.7. The molecule has 2 amide bonds. The van der Waals surface area contributed by atoms with Crippen molar-refractivity contribution in [2.75, 3.05) is 24.4 Å². The molecule has 2 aliphatic heterocycles. The number of benzene rings is 3. The normalized spacial score (nSPS) is 23.7. The molecule has 3 fully saturated rings. The van der Waals surface area contributed by atoms with Gasteiger partial charge < -0.3 is 25.4 Å². The first-order valence-electron chi connectivity index (χ1n) is 16.7. The molecule has 4 unspecified atom stereocenters. The number of hydrogen-bond donors (Lipinski definition) is 3. The van der Waals surface area contributed by atoms with E-state index in [2.05, 4.69) is 65.2 Å². The smallest absolute Gasteiger partial charge is 0.247 e. The molecule has 3 aromatic rings. The Labute approximate surface area is 271 Å². The molecule has 2 aliphatic carbocycles. The number of carbonyl (C=O) groups is 2. The van der Waals surface area contributed by atoms with E-state index in [-0.39, 0.29) is 36.4 Å². The zero-order valence-corrected chi connectivity index (χ0v) is 26.7. The van der Waals surface area contributed by atoms with Crippen molar-refractivity contribution >= 4 is 28.8 Å². The van der Waals surface area contributed by atoms with Gasteiger partial charge in [0.15, 0.2) is 6.79 Å². The summed E-state index contributed by atoms with van der Waals surface area (Å²) in [5, 5.41) is 6.23. The topological polar surface area (TPSA) is 106 Å². The zero-order chi connectivity index (χ0) is 31.8. The van der Waals surface area contributed by atoms with Crippen LogP contribution in [-0.2, 0) is 19.1 Å². The van der Waals surface area contributed by atoms with Crippen molar-refractivity contribution in [2.24, 2.45) is 5.92 Å². The second-order valence-electron chi connectivity index (χ2n) is 13.5. The first-order valence-corrected chi connectivity index (χ1v) is 16.7. The third kappa shape index (κ3) is 6.34. The van der Waals surface area contributed by atoms with E-state index < -0.39 is 18.5 Å². The molecule has 2 heterocycles. The fourth-order valence-corrected chi connectivity index (χ4v) is 7.29. The number of nitrogen functional groups attached to an aromatic ring is 1. The van der Waals surface area contributed by atoms with E-state index in [1.165, 1.54) is 40.7 Å². The molecule has 8 nitrogen and oxygen atoms in total. The molecule has 0 radical (unpaired) electrons. The lowest BCUT2D eigenvalue weighted by Crippen LogP contribution is -2.58. The molecule has 2 saturated heterocycles. The third-order valence-electron chi connectivity index (χ3n) is 10.0. The number of anilines is 2. The fourth-order valence-electron chi connectivity index (χ4n) is 7.29. The zero-order valence-electron chi connectivity index (χ0n) is 26.7. The summed E-state index contributed by atoms with van der Waals surface area (Å²) in [6, 6.07) is 24.7. The minimum Gasteiger partial charge on any atom is -0.399 e. The number of ether oxygens (including phenoxy) is 2. The Bertz CT molecular complexity index is 1580. The predicted molar refractivity (Wildman–Crippen MR) is 180 cm³/mol. The number of allylic oxidation sites excluding steroid dienone is 2. The minimum absolute atomic E-state index is 0.0164. The Kier molecular flexibility index (Phi) is 8.68. The maximum Gasteiger partial charge on any atom is 0.247 e. The summed E-state index contributed by atoms with van der Waals surface area (Å²) < 4.78 is 10.6. The minimum atomic E-state index is -0.580. The summed E-state index contributed by atoms with van der Waals surface area (Å²) in [6.07, 6.45) is 6.74. The second kappa shape index (κ2) is 13.0. The van der Waals surface area contributed by atoms with E-state index in [9.17, 15) is 9.59 Å². The summed E-state index contributed by atoms with van der Waals surface area (Å²) in [4.78, 5) is 28.7. The van der Waals surface area contributed by atoms with Crippen molar-refractivity contribution in [2.45, 2.75) is 82.2 Å². The molecule has 240 valence electrons. The summed E-state index contributed by atoms with van der Waals surface area (Å²) in [7, 11) is 0. The second-order valence-corrected chi connectivity index (χ2v) is 13.5. The third-order valence-corrected chi connectivity index (χ3v) is 10.0. The Morgan fingerprint density at radius 3 is 2.17 bits per heavy atom. The number of carbonyl (C=O) groups excluding carboxylic acids is 2. The van der Waals surface area contributed by atoms with Crippen molar-refractivity contribution in [1.82, 2.24) is 10.2 Å². The maximum atomic E-state index is 13.5. The lowest BCUT2D eigenvalue weighted by atomic mass is 9.78. The average Bonchev–Trinajstić information content (AvgIpc) is 3.60. The largest absolute Gasteiger partial charge is 0.399 e. The van der Waals surface area contributed by atoms with E-state index in [1.54, 1.807) is 4.90 Å². The SMILES string of the molecule is CC(C)C(NC1OCO1)C(=O)N1CCCC1C(=O)Nc1ccc(C2CC=C(c3ccc(N)cc3)C2c2ccc(C3CC3)cc2)cc1. The van der Waals surface area contributed by atoms with Crippen molar-refractivity contribution in [3.8, 4) is 0 Å². The van der Waals surface area contributed by atoms with Gasteiger partial charge in [0.1, 0.15) is 6.04 Å². The van der Waals surface area contributed by atoms with Gasteiger partial charge in [-0.2, -0.15) is 0 Å². The highest BCUT2D eigenvalue weighted by Crippen LogP contribution is 2.51. The van der Waals surface area contributed by atoms with Gasteiger partial charge in [-0.1, -0.05) is 68.5 Å². The van der Waals surface area contributed by atoms with Crippen molar-refractivity contribution in [3.63, 3.8) is 0 Å². The Morgan fingerprint density at radius 2 is 1.54 bits per heavy atom. The Hall–Kier alpha value is -3.98. The van der Waals surface area contributed by atoms with Crippen LogP contribution in [0.2, 0.25) is 0 Å². The molecule has 8 heteroatoms. The van der Waals surface area contributed by atoms with Gasteiger partial charge >= 0.3 is 0 Å². The predicted octanol–water partition coefficient (Wildman–Crippen LogP) is 6.33. The number of amides is 2. The van der Waals surface area contributed by atoms with E-state index >= 15 is 0 Å². The molecular weight excluding hydrogens is 576 g/mol. The first-order chi connectivity index (χ1) is 22.4. The number of hydrogen-bond acceptors (Lipinski definition) is 6. The van der Waals surface area contributed by atoms with Gasteiger partial charge in [0, 0.05) is 23.8 Å². The van der Waals surface area contributed by atoms with Gasteiger partial charge in [0.2, 0.25) is 18.2 Å². The van der Waals surface area contributed by atoms with Crippen LogP contribution in [0.5, 0.6) is 0 Å². The Balaban J connectivity index is 1.06. The molecule has 4 aliphatic rings. The van der Waals surface area contributed by atoms with E-state index in [0.717, 1.165) is 30.1 Å². The van der Waals surface area contributed by atoms with Crippen LogP contribution in [0.15, 0.2) is 78.9 Å². The monoisotopic (exact) mass is 620 g/mol. The molecule has 7 rings (SSSR count). The number of nitrogens with one attached hydrogen (secondary N) is 2. The molecule has 4 N–H and O–H groups in total. The summed E-state index contributed by atoms with van der Waals surface area (Å²) >= 11 is 0. The molecule has 0 bridgehead atoms. The van der Waals surface area contributed by atoms with Gasteiger partial charge in [0.05, 0.1) is 6.04 Å². The summed E-state index contributed by atoms with van der Waals surface area (Å²) in [5.41, 5.74) is 14.1. The van der Waals surface area contributed by atoms with Gasteiger partial charge in [-0.05, 0) is 102 Å². The van der Waals surface area contributed by atoms with Gasteiger partial charge in [-0.3, -0.25) is 14.9 Å².